The second-order valence-electron chi connectivity index (χ2n) is 4.25. The Morgan fingerprint density at radius 2 is 1.83 bits per heavy atom. The van der Waals surface area contributed by atoms with Crippen molar-refractivity contribution in [1.82, 2.24) is 15.0 Å². The molecular formula is C12H12ClF2N3. The molecule has 3 nitrogen and oxygen atoms in total. The largest absolute Gasteiger partial charge is 0.217 e. The van der Waals surface area contributed by atoms with E-state index in [0.717, 1.165) is 11.8 Å². The molecule has 0 atom stereocenters. The van der Waals surface area contributed by atoms with Crippen molar-refractivity contribution < 1.29 is 8.78 Å². The second kappa shape index (κ2) is 5.02. The molecule has 0 radical (unpaired) electrons. The fraction of sp³-hybridized carbons (Fsp3) is 0.333. The Balaban J connectivity index is 2.60. The minimum Gasteiger partial charge on any atom is -0.217 e. The maximum absolute atomic E-state index is 13.2. The Morgan fingerprint density at radius 3 is 2.33 bits per heavy atom. The zero-order valence-electron chi connectivity index (χ0n) is 9.99. The summed E-state index contributed by atoms with van der Waals surface area (Å²) >= 11 is 5.78. The average Bonchev–Trinajstić information content (AvgIpc) is 2.71. The highest BCUT2D eigenvalue weighted by Gasteiger charge is 2.17. The van der Waals surface area contributed by atoms with Crippen molar-refractivity contribution >= 4 is 11.6 Å². The summed E-state index contributed by atoms with van der Waals surface area (Å²) in [7, 11) is 0. The molecule has 6 heteroatoms. The van der Waals surface area contributed by atoms with E-state index in [1.807, 2.05) is 13.8 Å². The number of rotatable bonds is 3. The molecular weight excluding hydrogens is 260 g/mol. The SMILES string of the molecule is CC(C)c1c(CCl)nnn1-c1cc(F)cc(F)c1. The fourth-order valence-electron chi connectivity index (χ4n) is 1.85. The molecule has 18 heavy (non-hydrogen) atoms. The van der Waals surface area contributed by atoms with Crippen molar-refractivity contribution in [3.05, 3.63) is 41.2 Å². The molecule has 0 N–H and O–H groups in total. The monoisotopic (exact) mass is 271 g/mol. The number of hydrogen-bond acceptors (Lipinski definition) is 2. The molecule has 0 spiro atoms. The van der Waals surface area contributed by atoms with Gasteiger partial charge in [-0.1, -0.05) is 19.1 Å². The summed E-state index contributed by atoms with van der Waals surface area (Å²) in [6, 6.07) is 3.24. The van der Waals surface area contributed by atoms with E-state index in [2.05, 4.69) is 10.3 Å². The topological polar surface area (TPSA) is 30.7 Å². The van der Waals surface area contributed by atoms with Gasteiger partial charge in [0.2, 0.25) is 0 Å². The van der Waals surface area contributed by atoms with Gasteiger partial charge in [-0.05, 0) is 18.1 Å². The van der Waals surface area contributed by atoms with Crippen LogP contribution in [0.5, 0.6) is 0 Å². The minimum atomic E-state index is -0.650. The molecule has 0 saturated carbocycles. The molecule has 96 valence electrons. The van der Waals surface area contributed by atoms with Crippen molar-refractivity contribution in [2.75, 3.05) is 0 Å². The van der Waals surface area contributed by atoms with Gasteiger partial charge in [0.1, 0.15) is 17.3 Å². The lowest BCUT2D eigenvalue weighted by Crippen LogP contribution is -2.06. The average molecular weight is 272 g/mol. The quantitative estimate of drug-likeness (QED) is 0.801. The fourth-order valence-corrected chi connectivity index (χ4v) is 2.04. The maximum atomic E-state index is 13.2. The van der Waals surface area contributed by atoms with Crippen LogP contribution in [0.3, 0.4) is 0 Å². The van der Waals surface area contributed by atoms with Crippen LogP contribution in [0.15, 0.2) is 18.2 Å². The first-order valence-electron chi connectivity index (χ1n) is 5.50. The van der Waals surface area contributed by atoms with E-state index in [1.54, 1.807) is 0 Å². The van der Waals surface area contributed by atoms with Gasteiger partial charge >= 0.3 is 0 Å². The molecule has 0 fully saturated rings. The van der Waals surface area contributed by atoms with Gasteiger partial charge in [-0.3, -0.25) is 0 Å². The number of aromatic nitrogens is 3. The summed E-state index contributed by atoms with van der Waals surface area (Å²) < 4.78 is 27.8. The van der Waals surface area contributed by atoms with Gasteiger partial charge < -0.3 is 0 Å². The third-order valence-electron chi connectivity index (χ3n) is 2.54. The first-order valence-corrected chi connectivity index (χ1v) is 6.03. The van der Waals surface area contributed by atoms with Crippen LogP contribution in [0.25, 0.3) is 5.69 Å². The highest BCUT2D eigenvalue weighted by atomic mass is 35.5. The molecule has 0 bridgehead atoms. The summed E-state index contributed by atoms with van der Waals surface area (Å²) in [5.74, 6) is -0.990. The van der Waals surface area contributed by atoms with Gasteiger partial charge in [-0.15, -0.1) is 16.7 Å². The van der Waals surface area contributed by atoms with Crippen LogP contribution in [-0.2, 0) is 5.88 Å². The Morgan fingerprint density at radius 1 is 1.22 bits per heavy atom. The van der Waals surface area contributed by atoms with Crippen LogP contribution in [0.1, 0.15) is 31.2 Å². The summed E-state index contributed by atoms with van der Waals surface area (Å²) in [5.41, 5.74) is 1.69. The standard InChI is InChI=1S/C12H12ClF2N3/c1-7(2)12-11(6-13)16-17-18(12)10-4-8(14)3-9(15)5-10/h3-5,7H,6H2,1-2H3. The van der Waals surface area contributed by atoms with Crippen molar-refractivity contribution in [3.63, 3.8) is 0 Å². The molecule has 2 rings (SSSR count). The predicted octanol–water partition coefficient (Wildman–Crippen LogP) is 3.41. The lowest BCUT2D eigenvalue weighted by molar-refractivity contribution is 0.577. The predicted molar refractivity (Wildman–Crippen MR) is 64.9 cm³/mol. The lowest BCUT2D eigenvalue weighted by atomic mass is 10.1. The Labute approximate surface area is 108 Å². The molecule has 0 saturated heterocycles. The highest BCUT2D eigenvalue weighted by molar-refractivity contribution is 6.16. The molecule has 0 unspecified atom stereocenters. The number of hydrogen-bond donors (Lipinski definition) is 0. The Kier molecular flexibility index (Phi) is 3.61. The van der Waals surface area contributed by atoms with Crippen LogP contribution in [-0.4, -0.2) is 15.0 Å². The summed E-state index contributed by atoms with van der Waals surface area (Å²) in [6.07, 6.45) is 0. The number of benzene rings is 1. The van der Waals surface area contributed by atoms with E-state index in [-0.39, 0.29) is 11.8 Å². The van der Waals surface area contributed by atoms with Gasteiger partial charge in [0, 0.05) is 6.07 Å². The lowest BCUT2D eigenvalue weighted by Gasteiger charge is -2.10. The van der Waals surface area contributed by atoms with Crippen LogP contribution in [0, 0.1) is 11.6 Å². The van der Waals surface area contributed by atoms with E-state index in [4.69, 9.17) is 11.6 Å². The van der Waals surface area contributed by atoms with E-state index in [1.165, 1.54) is 16.8 Å². The van der Waals surface area contributed by atoms with Crippen LogP contribution in [0.2, 0.25) is 0 Å². The highest BCUT2D eigenvalue weighted by Crippen LogP contribution is 2.23. The van der Waals surface area contributed by atoms with Crippen LogP contribution < -0.4 is 0 Å². The molecule has 0 aliphatic rings. The maximum Gasteiger partial charge on any atom is 0.128 e. The molecule has 1 aromatic carbocycles. The Hall–Kier alpha value is -1.49. The van der Waals surface area contributed by atoms with Gasteiger partial charge in [-0.25, -0.2) is 13.5 Å². The zero-order chi connectivity index (χ0) is 13.3. The van der Waals surface area contributed by atoms with E-state index < -0.39 is 11.6 Å². The molecule has 1 aromatic heterocycles. The summed E-state index contributed by atoms with van der Waals surface area (Å²) in [5, 5.41) is 7.84. The number of alkyl halides is 1. The van der Waals surface area contributed by atoms with Crippen molar-refractivity contribution in [2.24, 2.45) is 0 Å². The van der Waals surface area contributed by atoms with Crippen LogP contribution >= 0.6 is 11.6 Å². The minimum absolute atomic E-state index is 0.0973. The summed E-state index contributed by atoms with van der Waals surface area (Å²) in [4.78, 5) is 0. The number of halogens is 3. The summed E-state index contributed by atoms with van der Waals surface area (Å²) in [6.45, 7) is 3.89. The molecule has 2 aromatic rings. The van der Waals surface area contributed by atoms with Gasteiger partial charge in [0.15, 0.2) is 0 Å². The normalized spacial score (nSPS) is 11.2. The van der Waals surface area contributed by atoms with Gasteiger partial charge in [0.25, 0.3) is 0 Å². The Bertz CT molecular complexity index is 546. The third kappa shape index (κ3) is 2.36. The zero-order valence-corrected chi connectivity index (χ0v) is 10.7. The first-order chi connectivity index (χ1) is 8.52. The molecule has 0 aliphatic heterocycles. The smallest absolute Gasteiger partial charge is 0.128 e. The second-order valence-corrected chi connectivity index (χ2v) is 4.52. The van der Waals surface area contributed by atoms with Gasteiger partial charge in [0.05, 0.1) is 17.3 Å². The molecule has 1 heterocycles. The first kappa shape index (κ1) is 13.0. The van der Waals surface area contributed by atoms with E-state index in [9.17, 15) is 8.78 Å². The van der Waals surface area contributed by atoms with E-state index >= 15 is 0 Å². The third-order valence-corrected chi connectivity index (χ3v) is 2.80. The van der Waals surface area contributed by atoms with E-state index in [0.29, 0.717) is 11.4 Å². The molecule has 0 amide bonds. The van der Waals surface area contributed by atoms with Gasteiger partial charge in [-0.2, -0.15) is 0 Å². The molecule has 0 aliphatic carbocycles. The number of nitrogens with zero attached hydrogens (tertiary/aromatic N) is 3. The van der Waals surface area contributed by atoms with Crippen molar-refractivity contribution in [2.45, 2.75) is 25.6 Å². The van der Waals surface area contributed by atoms with Crippen molar-refractivity contribution in [1.29, 1.82) is 0 Å². The van der Waals surface area contributed by atoms with Crippen molar-refractivity contribution in [3.8, 4) is 5.69 Å². The van der Waals surface area contributed by atoms with Crippen LogP contribution in [0.4, 0.5) is 8.78 Å².